The molecular weight excluding hydrogens is 458 g/mol. The lowest BCUT2D eigenvalue weighted by Gasteiger charge is -2.09. The second-order valence-electron chi connectivity index (χ2n) is 8.16. The van der Waals surface area contributed by atoms with Crippen molar-refractivity contribution in [3.05, 3.63) is 79.1 Å². The lowest BCUT2D eigenvalue weighted by atomic mass is 10.1. The first-order chi connectivity index (χ1) is 17.7. The number of ether oxygens (including phenoxy) is 2. The van der Waals surface area contributed by atoms with Crippen molar-refractivity contribution in [1.82, 2.24) is 29.1 Å². The summed E-state index contributed by atoms with van der Waals surface area (Å²) in [6.07, 6.45) is 9.10. The normalized spacial score (nSPS) is 11.2. The summed E-state index contributed by atoms with van der Waals surface area (Å²) >= 11 is 0. The summed E-state index contributed by atoms with van der Waals surface area (Å²) in [5, 5.41) is 16.4. The third kappa shape index (κ3) is 5.51. The molecule has 0 saturated heterocycles. The number of imidazole rings is 1. The summed E-state index contributed by atoms with van der Waals surface area (Å²) in [5.41, 5.74) is 5.74. The zero-order valence-corrected chi connectivity index (χ0v) is 19.9. The average molecular weight is 486 g/mol. The Labute approximate surface area is 208 Å². The lowest BCUT2D eigenvalue weighted by Crippen LogP contribution is -2.09. The quantitative estimate of drug-likeness (QED) is 0.275. The van der Waals surface area contributed by atoms with E-state index in [9.17, 15) is 0 Å². The number of nitrogens with one attached hydrogen (secondary N) is 1. The maximum absolute atomic E-state index is 8.75. The molecule has 0 amide bonds. The molecule has 36 heavy (non-hydrogen) atoms. The minimum Gasteiger partial charge on any atom is -0.491 e. The summed E-state index contributed by atoms with van der Waals surface area (Å²) in [7, 11) is 1.91. The molecular formula is C26H27N7O3. The number of aliphatic hydroxyl groups excluding tert-OH is 1. The van der Waals surface area contributed by atoms with Crippen LogP contribution in [0.25, 0.3) is 28.2 Å². The number of fused-ring (bicyclic) bond motifs is 1. The van der Waals surface area contributed by atoms with Gasteiger partial charge < -0.3 is 19.9 Å². The Morgan fingerprint density at radius 2 is 1.83 bits per heavy atom. The van der Waals surface area contributed by atoms with E-state index in [4.69, 9.17) is 14.6 Å². The van der Waals surface area contributed by atoms with Gasteiger partial charge >= 0.3 is 0 Å². The van der Waals surface area contributed by atoms with Crippen molar-refractivity contribution < 1.29 is 14.6 Å². The predicted molar refractivity (Wildman–Crippen MR) is 136 cm³/mol. The molecule has 10 nitrogen and oxygen atoms in total. The van der Waals surface area contributed by atoms with E-state index in [1.165, 1.54) is 0 Å². The monoisotopic (exact) mass is 485 g/mol. The molecule has 0 aliphatic heterocycles. The second-order valence-corrected chi connectivity index (χ2v) is 8.16. The Bertz CT molecular complexity index is 1430. The van der Waals surface area contributed by atoms with E-state index in [1.807, 2.05) is 48.2 Å². The number of anilines is 1. The van der Waals surface area contributed by atoms with Gasteiger partial charge in [0, 0.05) is 43.7 Å². The van der Waals surface area contributed by atoms with Gasteiger partial charge in [0.15, 0.2) is 0 Å². The van der Waals surface area contributed by atoms with Gasteiger partial charge in [-0.25, -0.2) is 15.0 Å². The maximum atomic E-state index is 8.75. The Hall–Kier alpha value is -4.28. The number of rotatable bonds is 11. The first kappa shape index (κ1) is 23.5. The fourth-order valence-electron chi connectivity index (χ4n) is 3.80. The smallest absolute Gasteiger partial charge is 0.140 e. The van der Waals surface area contributed by atoms with E-state index < -0.39 is 0 Å². The average Bonchev–Trinajstić information content (AvgIpc) is 3.54. The number of aromatic nitrogens is 6. The van der Waals surface area contributed by atoms with Crippen LogP contribution in [0.5, 0.6) is 5.75 Å². The molecule has 0 unspecified atom stereocenters. The molecule has 0 spiro atoms. The van der Waals surface area contributed by atoms with Crippen LogP contribution in [-0.2, 0) is 18.3 Å². The number of hydrogen-bond acceptors (Lipinski definition) is 8. The van der Waals surface area contributed by atoms with Gasteiger partial charge in [-0.3, -0.25) is 9.08 Å². The molecule has 10 heteroatoms. The number of aryl methyl sites for hydroxylation is 1. The van der Waals surface area contributed by atoms with E-state index in [0.29, 0.717) is 32.1 Å². The van der Waals surface area contributed by atoms with Crippen molar-refractivity contribution >= 4 is 11.5 Å². The molecule has 0 saturated carbocycles. The van der Waals surface area contributed by atoms with Crippen molar-refractivity contribution in [2.75, 3.05) is 31.7 Å². The molecule has 0 bridgehead atoms. The number of benzene rings is 1. The van der Waals surface area contributed by atoms with Crippen LogP contribution in [0.4, 0.5) is 5.82 Å². The van der Waals surface area contributed by atoms with E-state index in [-0.39, 0.29) is 6.61 Å². The summed E-state index contributed by atoms with van der Waals surface area (Å²) < 4.78 is 14.7. The van der Waals surface area contributed by atoms with Gasteiger partial charge in [0.05, 0.1) is 43.6 Å². The second kappa shape index (κ2) is 11.0. The van der Waals surface area contributed by atoms with E-state index >= 15 is 0 Å². The highest BCUT2D eigenvalue weighted by molar-refractivity contribution is 5.64. The minimum atomic E-state index is 0.00301. The zero-order valence-electron chi connectivity index (χ0n) is 19.9. The lowest BCUT2D eigenvalue weighted by molar-refractivity contribution is 0.0705. The molecule has 0 fully saturated rings. The third-order valence-electron chi connectivity index (χ3n) is 5.61. The fourth-order valence-corrected chi connectivity index (χ4v) is 3.80. The van der Waals surface area contributed by atoms with Gasteiger partial charge in [0.25, 0.3) is 0 Å². The Kier molecular flexibility index (Phi) is 7.15. The first-order valence-electron chi connectivity index (χ1n) is 11.6. The highest BCUT2D eigenvalue weighted by Gasteiger charge is 2.10. The van der Waals surface area contributed by atoms with E-state index in [2.05, 4.69) is 49.6 Å². The van der Waals surface area contributed by atoms with Crippen LogP contribution in [-0.4, -0.2) is 60.7 Å². The largest absolute Gasteiger partial charge is 0.491 e. The standard InChI is InChI=1S/C26H27N7O3/c1-32-17-21(15-31-32)20-4-2-19(3-5-20)14-27-25-13-23(29-18-30-25)24-16-28-26-12-22(6-7-33(24)26)36-11-10-35-9-8-34/h2-7,12-13,15-18,34H,8-11,14H2,1H3,(H,27,29,30). The number of aliphatic hydroxyl groups is 1. The molecule has 4 heterocycles. The van der Waals surface area contributed by atoms with Gasteiger partial charge in [0.2, 0.25) is 0 Å². The van der Waals surface area contributed by atoms with Crippen molar-refractivity contribution in [2.24, 2.45) is 7.05 Å². The van der Waals surface area contributed by atoms with Crippen molar-refractivity contribution in [1.29, 1.82) is 0 Å². The molecule has 5 aromatic rings. The number of nitrogens with zero attached hydrogens (tertiary/aromatic N) is 6. The molecule has 1 aromatic carbocycles. The Balaban J connectivity index is 1.23. The summed E-state index contributed by atoms with van der Waals surface area (Å²) in [4.78, 5) is 13.3. The molecule has 5 rings (SSSR count). The Morgan fingerprint density at radius 3 is 2.64 bits per heavy atom. The fraction of sp³-hybridized carbons (Fsp3) is 0.231. The summed E-state index contributed by atoms with van der Waals surface area (Å²) in [6.45, 7) is 1.76. The predicted octanol–water partition coefficient (Wildman–Crippen LogP) is 3.19. The summed E-state index contributed by atoms with van der Waals surface area (Å²) in [5.74, 6) is 1.43. The Morgan fingerprint density at radius 1 is 0.944 bits per heavy atom. The van der Waals surface area contributed by atoms with Crippen LogP contribution in [0.1, 0.15) is 5.56 Å². The highest BCUT2D eigenvalue weighted by Crippen LogP contribution is 2.24. The third-order valence-corrected chi connectivity index (χ3v) is 5.61. The molecule has 2 N–H and O–H groups in total. The molecule has 4 aromatic heterocycles. The summed E-state index contributed by atoms with van der Waals surface area (Å²) in [6, 6.07) is 14.0. The topological polar surface area (TPSA) is 112 Å². The van der Waals surface area contributed by atoms with Crippen molar-refractivity contribution in [2.45, 2.75) is 6.54 Å². The zero-order chi connectivity index (χ0) is 24.7. The van der Waals surface area contributed by atoms with E-state index in [1.54, 1.807) is 17.2 Å². The van der Waals surface area contributed by atoms with Crippen LogP contribution in [0.15, 0.2) is 73.6 Å². The number of hydrogen-bond donors (Lipinski definition) is 2. The molecule has 0 aliphatic rings. The van der Waals surface area contributed by atoms with Gasteiger partial charge in [-0.15, -0.1) is 0 Å². The van der Waals surface area contributed by atoms with Crippen LogP contribution < -0.4 is 10.1 Å². The minimum absolute atomic E-state index is 0.00301. The van der Waals surface area contributed by atoms with Crippen molar-refractivity contribution in [3.63, 3.8) is 0 Å². The van der Waals surface area contributed by atoms with E-state index in [0.717, 1.165) is 39.5 Å². The molecule has 0 radical (unpaired) electrons. The highest BCUT2D eigenvalue weighted by atomic mass is 16.5. The first-order valence-corrected chi connectivity index (χ1v) is 11.6. The van der Waals surface area contributed by atoms with Gasteiger partial charge in [-0.1, -0.05) is 24.3 Å². The van der Waals surface area contributed by atoms with Crippen molar-refractivity contribution in [3.8, 4) is 28.3 Å². The van der Waals surface area contributed by atoms with Gasteiger partial charge in [-0.05, 0) is 17.2 Å². The molecule has 0 atom stereocenters. The van der Waals surface area contributed by atoms with Crippen LogP contribution >= 0.6 is 0 Å². The molecule has 0 aliphatic carbocycles. The van der Waals surface area contributed by atoms with Crippen LogP contribution in [0, 0.1) is 0 Å². The molecule has 184 valence electrons. The number of pyridine rings is 1. The van der Waals surface area contributed by atoms with Crippen LogP contribution in [0.2, 0.25) is 0 Å². The van der Waals surface area contributed by atoms with Crippen LogP contribution in [0.3, 0.4) is 0 Å². The van der Waals surface area contributed by atoms with Gasteiger partial charge in [0.1, 0.15) is 30.1 Å². The SMILES string of the molecule is Cn1cc(-c2ccc(CNc3cc(-c4cnc5cc(OCCOCCO)ccn45)ncn3)cc2)cn1. The maximum Gasteiger partial charge on any atom is 0.140 e. The van der Waals surface area contributed by atoms with Gasteiger partial charge in [-0.2, -0.15) is 5.10 Å².